The first-order chi connectivity index (χ1) is 8.65. The van der Waals surface area contributed by atoms with Gasteiger partial charge in [-0.05, 0) is 22.4 Å². The molecule has 0 N–H and O–H groups in total. The molecule has 18 heavy (non-hydrogen) atoms. The molecule has 0 amide bonds. The fraction of sp³-hybridized carbons (Fsp3) is 0. The smallest absolute Gasteiger partial charge is 0.234 e. The van der Waals surface area contributed by atoms with E-state index >= 15 is 0 Å². The van der Waals surface area contributed by atoms with Gasteiger partial charge in [-0.3, -0.25) is 9.59 Å². The molecule has 0 radical (unpaired) electrons. The van der Waals surface area contributed by atoms with E-state index in [0.29, 0.717) is 11.1 Å². The van der Waals surface area contributed by atoms with Crippen LogP contribution in [0.15, 0.2) is 43.5 Å². The predicted molar refractivity (Wildman–Crippen MR) is 72.4 cm³/mol. The highest BCUT2D eigenvalue weighted by atomic mass is 16.2. The van der Waals surface area contributed by atoms with Crippen LogP contribution < -0.4 is 0 Å². The molecule has 0 atom stereocenters. The number of hydrogen-bond acceptors (Lipinski definition) is 2. The Balaban J connectivity index is 2.57. The lowest BCUT2D eigenvalue weighted by molar-refractivity contribution is -0.109. The van der Waals surface area contributed by atoms with Crippen LogP contribution in [0.3, 0.4) is 0 Å². The minimum absolute atomic E-state index is 0.274. The van der Waals surface area contributed by atoms with Crippen molar-refractivity contribution in [3.05, 3.63) is 60.2 Å². The van der Waals surface area contributed by atoms with Crippen molar-refractivity contribution in [3.8, 4) is 0 Å². The number of carbonyl (C=O) groups is 2. The number of fused-ring (bicyclic) bond motifs is 3. The minimum Gasteiger partial charge on any atom is -0.285 e. The van der Waals surface area contributed by atoms with Gasteiger partial charge in [0, 0.05) is 16.7 Å². The lowest BCUT2D eigenvalue weighted by atomic mass is 9.94. The van der Waals surface area contributed by atoms with Gasteiger partial charge >= 0.3 is 0 Å². The quantitative estimate of drug-likeness (QED) is 0.560. The Labute approximate surface area is 104 Å². The molecule has 0 saturated heterocycles. The van der Waals surface area contributed by atoms with Crippen LogP contribution in [0.25, 0.3) is 22.4 Å². The van der Waals surface area contributed by atoms with Crippen LogP contribution in [-0.2, 0) is 4.79 Å². The molecule has 2 aromatic carbocycles. The summed E-state index contributed by atoms with van der Waals surface area (Å²) in [6, 6.07) is 9.46. The molecule has 1 aliphatic rings. The lowest BCUT2D eigenvalue weighted by Crippen LogP contribution is -2.05. The fourth-order valence-electron chi connectivity index (χ4n) is 2.46. The summed E-state index contributed by atoms with van der Waals surface area (Å²) in [6.45, 7) is 7.46. The summed E-state index contributed by atoms with van der Waals surface area (Å²) >= 11 is 0. The molecule has 0 saturated carbocycles. The van der Waals surface area contributed by atoms with E-state index < -0.39 is 11.6 Å². The molecule has 1 aliphatic carbocycles. The second kappa shape index (κ2) is 3.50. The van der Waals surface area contributed by atoms with Crippen molar-refractivity contribution >= 4 is 34.0 Å². The maximum absolute atomic E-state index is 12.0. The van der Waals surface area contributed by atoms with Gasteiger partial charge in [-0.15, -0.1) is 0 Å². The van der Waals surface area contributed by atoms with Gasteiger partial charge in [-0.1, -0.05) is 43.5 Å². The van der Waals surface area contributed by atoms with Gasteiger partial charge in [0.15, 0.2) is 0 Å². The van der Waals surface area contributed by atoms with Crippen molar-refractivity contribution in [2.45, 2.75) is 0 Å². The van der Waals surface area contributed by atoms with E-state index in [2.05, 4.69) is 13.2 Å². The van der Waals surface area contributed by atoms with Crippen molar-refractivity contribution in [1.82, 2.24) is 0 Å². The van der Waals surface area contributed by atoms with Crippen LogP contribution in [0.4, 0.5) is 0 Å². The van der Waals surface area contributed by atoms with Gasteiger partial charge in [-0.2, -0.15) is 0 Å². The Morgan fingerprint density at radius 1 is 1.00 bits per heavy atom. The highest BCUT2D eigenvalue weighted by Crippen LogP contribution is 2.37. The summed E-state index contributed by atoms with van der Waals surface area (Å²) in [4.78, 5) is 23.8. The number of carbonyl (C=O) groups excluding carboxylic acids is 2. The van der Waals surface area contributed by atoms with E-state index in [9.17, 15) is 9.59 Å². The summed E-state index contributed by atoms with van der Waals surface area (Å²) in [5, 5.41) is 1.73. The van der Waals surface area contributed by atoms with Crippen LogP contribution in [0.5, 0.6) is 0 Å². The highest BCUT2D eigenvalue weighted by molar-refractivity contribution is 6.64. The average Bonchev–Trinajstić information content (AvgIpc) is 2.63. The van der Waals surface area contributed by atoms with Crippen molar-refractivity contribution in [2.24, 2.45) is 0 Å². The topological polar surface area (TPSA) is 34.1 Å². The third kappa shape index (κ3) is 1.17. The van der Waals surface area contributed by atoms with Crippen LogP contribution in [-0.4, -0.2) is 11.6 Å². The number of ketones is 2. The number of Topliss-reactive ketones (excluding diaryl/α,β-unsaturated/α-hetero) is 2. The highest BCUT2D eigenvalue weighted by Gasteiger charge is 2.35. The zero-order valence-electron chi connectivity index (χ0n) is 9.69. The van der Waals surface area contributed by atoms with Gasteiger partial charge in [0.25, 0.3) is 0 Å². The van der Waals surface area contributed by atoms with E-state index in [1.807, 2.05) is 30.3 Å². The van der Waals surface area contributed by atoms with Crippen LogP contribution >= 0.6 is 0 Å². The number of rotatable bonds is 1. The van der Waals surface area contributed by atoms with E-state index in [1.54, 1.807) is 6.08 Å². The Bertz CT molecular complexity index is 751. The van der Waals surface area contributed by atoms with E-state index in [4.69, 9.17) is 0 Å². The molecule has 0 unspecified atom stereocenters. The molecule has 86 valence electrons. The third-order valence-electron chi connectivity index (χ3n) is 3.31. The summed E-state index contributed by atoms with van der Waals surface area (Å²) in [7, 11) is 0. The SMILES string of the molecule is C=Cc1cc2ccccc2c2c1C(=C)C(=O)C2=O. The summed E-state index contributed by atoms with van der Waals surface area (Å²) in [5.41, 5.74) is 2.17. The maximum Gasteiger partial charge on any atom is 0.234 e. The zero-order valence-corrected chi connectivity index (χ0v) is 9.69. The van der Waals surface area contributed by atoms with E-state index in [-0.39, 0.29) is 5.57 Å². The minimum atomic E-state index is -0.510. The molecule has 3 rings (SSSR count). The number of hydrogen-bond donors (Lipinski definition) is 0. The van der Waals surface area contributed by atoms with Gasteiger partial charge in [0.2, 0.25) is 11.6 Å². The second-order valence-electron chi connectivity index (χ2n) is 4.28. The Morgan fingerprint density at radius 2 is 1.72 bits per heavy atom. The molecular weight excluding hydrogens is 224 g/mol. The normalized spacial score (nSPS) is 14.1. The molecule has 0 heterocycles. The predicted octanol–water partition coefficient (Wildman–Crippen LogP) is 3.26. The van der Waals surface area contributed by atoms with Crippen LogP contribution in [0, 0.1) is 0 Å². The lowest BCUT2D eigenvalue weighted by Gasteiger charge is -2.07. The summed E-state index contributed by atoms with van der Waals surface area (Å²) in [5.74, 6) is -0.973. The maximum atomic E-state index is 12.0. The number of benzene rings is 2. The first kappa shape index (κ1) is 10.7. The Kier molecular flexibility index (Phi) is 2.08. The zero-order chi connectivity index (χ0) is 12.9. The molecule has 2 nitrogen and oxygen atoms in total. The first-order valence-electron chi connectivity index (χ1n) is 5.61. The van der Waals surface area contributed by atoms with Gasteiger partial charge in [0.05, 0.1) is 0 Å². The largest absolute Gasteiger partial charge is 0.285 e. The molecule has 0 aromatic heterocycles. The van der Waals surface area contributed by atoms with Crippen LogP contribution in [0.1, 0.15) is 21.5 Å². The molecule has 0 fully saturated rings. The second-order valence-corrected chi connectivity index (χ2v) is 4.28. The molecule has 0 bridgehead atoms. The third-order valence-corrected chi connectivity index (χ3v) is 3.31. The van der Waals surface area contributed by atoms with E-state index in [1.165, 1.54) is 0 Å². The van der Waals surface area contributed by atoms with E-state index in [0.717, 1.165) is 16.3 Å². The molecule has 0 aliphatic heterocycles. The summed E-state index contributed by atoms with van der Waals surface area (Å²) in [6.07, 6.45) is 1.66. The van der Waals surface area contributed by atoms with Crippen molar-refractivity contribution < 1.29 is 9.59 Å². The van der Waals surface area contributed by atoms with Gasteiger partial charge in [-0.25, -0.2) is 0 Å². The summed E-state index contributed by atoms with van der Waals surface area (Å²) < 4.78 is 0. The number of allylic oxidation sites excluding steroid dienone is 1. The first-order valence-corrected chi connectivity index (χ1v) is 5.61. The fourth-order valence-corrected chi connectivity index (χ4v) is 2.46. The molecule has 0 spiro atoms. The molecular formula is C16H10O2. The Morgan fingerprint density at radius 3 is 2.44 bits per heavy atom. The average molecular weight is 234 g/mol. The van der Waals surface area contributed by atoms with Crippen molar-refractivity contribution in [3.63, 3.8) is 0 Å². The van der Waals surface area contributed by atoms with Crippen molar-refractivity contribution in [1.29, 1.82) is 0 Å². The van der Waals surface area contributed by atoms with Crippen LogP contribution in [0.2, 0.25) is 0 Å². The van der Waals surface area contributed by atoms with Gasteiger partial charge in [0.1, 0.15) is 0 Å². The molecule has 2 heteroatoms. The van der Waals surface area contributed by atoms with Crippen molar-refractivity contribution in [2.75, 3.05) is 0 Å². The Hall–Kier alpha value is -2.48. The standard InChI is InChI=1S/C16H10O2/c1-3-10-8-11-6-4-5-7-12(11)14-13(10)9(2)15(17)16(14)18/h3-8H,1-2H2. The van der Waals surface area contributed by atoms with Gasteiger partial charge < -0.3 is 0 Å². The molecule has 2 aromatic rings. The monoisotopic (exact) mass is 234 g/mol.